The molecule has 1 N–H and O–H groups in total. The maximum Gasteiger partial charge on any atom is 0.327 e. The van der Waals surface area contributed by atoms with E-state index in [9.17, 15) is 4.79 Å². The van der Waals surface area contributed by atoms with E-state index in [-0.39, 0.29) is 0 Å². The van der Waals surface area contributed by atoms with Crippen LogP contribution in [0.3, 0.4) is 0 Å². The standard InChI is InChI=1S/C19H18O3/c20-19(21)10-9-14-11-16(12-14)15-5-4-8-18(13-15)22-17-6-2-1-3-7-17/h1-10,13-14,16H,11-12H2,(H,20,21)/t14-,16-. The number of carboxylic acids is 1. The van der Waals surface area contributed by atoms with Crippen molar-refractivity contribution in [3.05, 3.63) is 72.3 Å². The Labute approximate surface area is 129 Å². The summed E-state index contributed by atoms with van der Waals surface area (Å²) in [5.74, 6) is 1.66. The van der Waals surface area contributed by atoms with Crippen molar-refractivity contribution >= 4 is 5.97 Å². The topological polar surface area (TPSA) is 46.5 Å². The fourth-order valence-corrected chi connectivity index (χ4v) is 2.77. The summed E-state index contributed by atoms with van der Waals surface area (Å²) in [5, 5.41) is 8.64. The van der Waals surface area contributed by atoms with Gasteiger partial charge in [-0.3, -0.25) is 0 Å². The first-order valence-corrected chi connectivity index (χ1v) is 7.45. The smallest absolute Gasteiger partial charge is 0.327 e. The summed E-state index contributed by atoms with van der Waals surface area (Å²) in [7, 11) is 0. The fraction of sp³-hybridized carbons (Fsp3) is 0.211. The lowest BCUT2D eigenvalue weighted by Crippen LogP contribution is -2.20. The van der Waals surface area contributed by atoms with Crippen molar-refractivity contribution in [2.75, 3.05) is 0 Å². The summed E-state index contributed by atoms with van der Waals surface area (Å²) in [5.41, 5.74) is 1.26. The number of benzene rings is 2. The van der Waals surface area contributed by atoms with Crippen LogP contribution in [0.25, 0.3) is 0 Å². The highest BCUT2D eigenvalue weighted by Crippen LogP contribution is 2.43. The summed E-state index contributed by atoms with van der Waals surface area (Å²) in [6, 6.07) is 17.9. The van der Waals surface area contributed by atoms with Crippen LogP contribution >= 0.6 is 0 Å². The lowest BCUT2D eigenvalue weighted by Gasteiger charge is -2.33. The third-order valence-corrected chi connectivity index (χ3v) is 3.99. The Bertz CT molecular complexity index is 670. The molecule has 112 valence electrons. The van der Waals surface area contributed by atoms with Crippen molar-refractivity contribution in [3.8, 4) is 11.5 Å². The first-order chi connectivity index (χ1) is 10.7. The van der Waals surface area contributed by atoms with Crippen molar-refractivity contribution in [2.24, 2.45) is 5.92 Å². The molecule has 22 heavy (non-hydrogen) atoms. The van der Waals surface area contributed by atoms with Crippen LogP contribution < -0.4 is 4.74 Å². The Kier molecular flexibility index (Phi) is 4.24. The van der Waals surface area contributed by atoms with Gasteiger partial charge in [0.05, 0.1) is 0 Å². The van der Waals surface area contributed by atoms with Crippen molar-refractivity contribution in [3.63, 3.8) is 0 Å². The number of aliphatic carboxylic acids is 1. The third-order valence-electron chi connectivity index (χ3n) is 3.99. The van der Waals surface area contributed by atoms with E-state index >= 15 is 0 Å². The van der Waals surface area contributed by atoms with E-state index in [1.807, 2.05) is 42.5 Å². The molecular formula is C19H18O3. The second kappa shape index (κ2) is 6.48. The maximum absolute atomic E-state index is 10.5. The number of allylic oxidation sites excluding steroid dienone is 1. The highest BCUT2D eigenvalue weighted by molar-refractivity contribution is 5.79. The predicted octanol–water partition coefficient (Wildman–Crippen LogP) is 4.61. The van der Waals surface area contributed by atoms with Crippen molar-refractivity contribution < 1.29 is 14.6 Å². The van der Waals surface area contributed by atoms with Crippen LogP contribution in [-0.2, 0) is 4.79 Å². The molecule has 3 heteroatoms. The van der Waals surface area contributed by atoms with E-state index in [2.05, 4.69) is 12.1 Å². The summed E-state index contributed by atoms with van der Waals surface area (Å²) in [6.45, 7) is 0. The lowest BCUT2D eigenvalue weighted by atomic mass is 9.71. The van der Waals surface area contributed by atoms with E-state index in [0.717, 1.165) is 24.3 Å². The van der Waals surface area contributed by atoms with Gasteiger partial charge >= 0.3 is 5.97 Å². The molecule has 1 saturated carbocycles. The molecule has 0 saturated heterocycles. The Morgan fingerprint density at radius 3 is 2.50 bits per heavy atom. The van der Waals surface area contributed by atoms with E-state index in [1.165, 1.54) is 11.6 Å². The van der Waals surface area contributed by atoms with Gasteiger partial charge in [-0.1, -0.05) is 36.4 Å². The molecule has 0 heterocycles. The average molecular weight is 294 g/mol. The normalized spacial score (nSPS) is 20.5. The average Bonchev–Trinajstić information content (AvgIpc) is 2.47. The van der Waals surface area contributed by atoms with E-state index in [4.69, 9.17) is 9.84 Å². The Balaban J connectivity index is 1.62. The molecule has 0 aliphatic heterocycles. The highest BCUT2D eigenvalue weighted by Gasteiger charge is 2.28. The van der Waals surface area contributed by atoms with Crippen LogP contribution in [-0.4, -0.2) is 11.1 Å². The van der Waals surface area contributed by atoms with Gasteiger partial charge in [0, 0.05) is 6.08 Å². The fourth-order valence-electron chi connectivity index (χ4n) is 2.77. The van der Waals surface area contributed by atoms with Crippen LogP contribution in [0.4, 0.5) is 0 Å². The van der Waals surface area contributed by atoms with Crippen molar-refractivity contribution in [1.82, 2.24) is 0 Å². The largest absolute Gasteiger partial charge is 0.478 e. The Hall–Kier alpha value is -2.55. The zero-order chi connectivity index (χ0) is 15.4. The lowest BCUT2D eigenvalue weighted by molar-refractivity contribution is -0.131. The minimum Gasteiger partial charge on any atom is -0.478 e. The zero-order valence-corrected chi connectivity index (χ0v) is 12.2. The summed E-state index contributed by atoms with van der Waals surface area (Å²) in [4.78, 5) is 10.5. The first kappa shape index (κ1) is 14.4. The number of ether oxygens (including phenoxy) is 1. The molecule has 2 aromatic carbocycles. The summed E-state index contributed by atoms with van der Waals surface area (Å²) < 4.78 is 5.85. The molecule has 2 aromatic rings. The first-order valence-electron chi connectivity index (χ1n) is 7.45. The van der Waals surface area contributed by atoms with Gasteiger partial charge in [-0.25, -0.2) is 4.79 Å². The highest BCUT2D eigenvalue weighted by atomic mass is 16.5. The molecule has 3 nitrogen and oxygen atoms in total. The van der Waals surface area contributed by atoms with Crippen LogP contribution in [0.15, 0.2) is 66.7 Å². The monoisotopic (exact) mass is 294 g/mol. The number of rotatable bonds is 5. The zero-order valence-electron chi connectivity index (χ0n) is 12.2. The van der Waals surface area contributed by atoms with Gasteiger partial charge in [-0.2, -0.15) is 0 Å². The number of carboxylic acid groups (broad SMARTS) is 1. The van der Waals surface area contributed by atoms with Gasteiger partial charge < -0.3 is 9.84 Å². The molecule has 1 aliphatic rings. The molecule has 0 radical (unpaired) electrons. The molecule has 1 fully saturated rings. The molecular weight excluding hydrogens is 276 g/mol. The van der Waals surface area contributed by atoms with Crippen molar-refractivity contribution in [1.29, 1.82) is 0 Å². The minimum absolute atomic E-state index is 0.375. The van der Waals surface area contributed by atoms with Gasteiger partial charge in [0.2, 0.25) is 0 Å². The molecule has 0 bridgehead atoms. The molecule has 0 unspecified atom stereocenters. The molecule has 0 amide bonds. The van der Waals surface area contributed by atoms with Gasteiger partial charge in [0.25, 0.3) is 0 Å². The van der Waals surface area contributed by atoms with Gasteiger partial charge in [0.15, 0.2) is 0 Å². The van der Waals surface area contributed by atoms with E-state index in [1.54, 1.807) is 6.08 Å². The SMILES string of the molecule is O=C(O)C=C[C@H]1C[C@H](c2cccc(Oc3ccccc3)c2)C1. The van der Waals surface area contributed by atoms with Crippen molar-refractivity contribution in [2.45, 2.75) is 18.8 Å². The second-order valence-electron chi connectivity index (χ2n) is 5.61. The molecule has 0 aromatic heterocycles. The van der Waals surface area contributed by atoms with Crippen LogP contribution in [0.1, 0.15) is 24.3 Å². The third kappa shape index (κ3) is 3.55. The molecule has 0 atom stereocenters. The Morgan fingerprint density at radius 2 is 1.77 bits per heavy atom. The number of hydrogen-bond donors (Lipinski definition) is 1. The van der Waals surface area contributed by atoms with Gasteiger partial charge in [0.1, 0.15) is 11.5 Å². The predicted molar refractivity (Wildman–Crippen MR) is 85.2 cm³/mol. The number of para-hydroxylation sites is 1. The van der Waals surface area contributed by atoms with Crippen LogP contribution in [0, 0.1) is 5.92 Å². The molecule has 0 spiro atoms. The van der Waals surface area contributed by atoms with Crippen LogP contribution in [0.2, 0.25) is 0 Å². The molecule has 3 rings (SSSR count). The van der Waals surface area contributed by atoms with Gasteiger partial charge in [-0.15, -0.1) is 0 Å². The number of hydrogen-bond acceptors (Lipinski definition) is 2. The summed E-state index contributed by atoms with van der Waals surface area (Å²) >= 11 is 0. The quantitative estimate of drug-likeness (QED) is 0.819. The van der Waals surface area contributed by atoms with Gasteiger partial charge in [-0.05, 0) is 54.5 Å². The minimum atomic E-state index is -0.873. The Morgan fingerprint density at radius 1 is 1.05 bits per heavy atom. The maximum atomic E-state index is 10.5. The number of carbonyl (C=O) groups is 1. The van der Waals surface area contributed by atoms with Crippen LogP contribution in [0.5, 0.6) is 11.5 Å². The summed E-state index contributed by atoms with van der Waals surface area (Å²) in [6.07, 6.45) is 5.04. The second-order valence-corrected chi connectivity index (χ2v) is 5.61. The van der Waals surface area contributed by atoms with E-state index < -0.39 is 5.97 Å². The molecule has 1 aliphatic carbocycles. The van der Waals surface area contributed by atoms with E-state index in [0.29, 0.717) is 11.8 Å².